The predicted octanol–water partition coefficient (Wildman–Crippen LogP) is 2.13. The zero-order valence-corrected chi connectivity index (χ0v) is 9.20. The molecule has 2 N–H and O–H groups in total. The molecule has 4 nitrogen and oxygen atoms in total. The fourth-order valence-electron chi connectivity index (χ4n) is 1.86. The first-order chi connectivity index (χ1) is 7.85. The van der Waals surface area contributed by atoms with E-state index in [4.69, 9.17) is 5.26 Å². The molecule has 0 amide bonds. The third-order valence-corrected chi connectivity index (χ3v) is 2.74. The minimum atomic E-state index is 0.229. The molecular formula is C12H14N4. The zero-order valence-electron chi connectivity index (χ0n) is 9.20. The van der Waals surface area contributed by atoms with Crippen LogP contribution in [0.2, 0.25) is 0 Å². The maximum atomic E-state index is 8.60. The number of aromatic nitrogens is 2. The Labute approximate surface area is 94.3 Å². The van der Waals surface area contributed by atoms with E-state index in [0.29, 0.717) is 6.42 Å². The highest BCUT2D eigenvalue weighted by Gasteiger charge is 2.09. The van der Waals surface area contributed by atoms with Crippen molar-refractivity contribution in [3.8, 4) is 6.07 Å². The topological polar surface area (TPSA) is 64.5 Å². The molecule has 1 unspecified atom stereocenters. The lowest BCUT2D eigenvalue weighted by atomic mass is 10.0. The van der Waals surface area contributed by atoms with Gasteiger partial charge in [0.2, 0.25) is 0 Å². The molecule has 1 aromatic carbocycles. The number of nitrogens with zero attached hydrogens (tertiary/aromatic N) is 2. The molecule has 0 radical (unpaired) electrons. The second-order valence-electron chi connectivity index (χ2n) is 3.72. The van der Waals surface area contributed by atoms with E-state index in [1.807, 2.05) is 13.1 Å². The molecule has 16 heavy (non-hydrogen) atoms. The third-order valence-electron chi connectivity index (χ3n) is 2.74. The fraction of sp³-hybridized carbons (Fsp3) is 0.333. The highest BCUT2D eigenvalue weighted by molar-refractivity contribution is 5.75. The first-order valence-corrected chi connectivity index (χ1v) is 5.32. The van der Waals surface area contributed by atoms with E-state index in [0.717, 1.165) is 17.5 Å². The van der Waals surface area contributed by atoms with Crippen molar-refractivity contribution in [1.82, 2.24) is 15.3 Å². The monoisotopic (exact) mass is 214 g/mol. The number of imidazole rings is 1. The summed E-state index contributed by atoms with van der Waals surface area (Å²) in [7, 11) is 1.92. The molecule has 2 rings (SSSR count). The normalized spacial score (nSPS) is 12.5. The summed E-state index contributed by atoms with van der Waals surface area (Å²) < 4.78 is 0. The predicted molar refractivity (Wildman–Crippen MR) is 62.7 cm³/mol. The van der Waals surface area contributed by atoms with Gasteiger partial charge in [0.1, 0.15) is 0 Å². The maximum Gasteiger partial charge on any atom is 0.0931 e. The number of nitriles is 1. The van der Waals surface area contributed by atoms with Crippen LogP contribution in [0.4, 0.5) is 0 Å². The van der Waals surface area contributed by atoms with Gasteiger partial charge in [0.25, 0.3) is 0 Å². The second kappa shape index (κ2) is 4.77. The highest BCUT2D eigenvalue weighted by atomic mass is 14.9. The number of fused-ring (bicyclic) bond motifs is 1. The molecule has 0 spiro atoms. The second-order valence-corrected chi connectivity index (χ2v) is 3.72. The highest BCUT2D eigenvalue weighted by Crippen LogP contribution is 2.21. The Morgan fingerprint density at radius 2 is 2.44 bits per heavy atom. The number of rotatable bonds is 4. The Morgan fingerprint density at radius 1 is 1.56 bits per heavy atom. The molecule has 0 fully saturated rings. The Bertz CT molecular complexity index is 509. The van der Waals surface area contributed by atoms with Crippen molar-refractivity contribution in [3.63, 3.8) is 0 Å². The Balaban J connectivity index is 2.26. The molecule has 0 aliphatic rings. The molecule has 0 aliphatic carbocycles. The summed E-state index contributed by atoms with van der Waals surface area (Å²) in [5, 5.41) is 11.8. The van der Waals surface area contributed by atoms with Gasteiger partial charge in [0.05, 0.1) is 23.4 Å². The van der Waals surface area contributed by atoms with Crippen LogP contribution in [0, 0.1) is 11.3 Å². The summed E-state index contributed by atoms with van der Waals surface area (Å²) in [6.07, 6.45) is 3.08. The average molecular weight is 214 g/mol. The fourth-order valence-corrected chi connectivity index (χ4v) is 1.86. The van der Waals surface area contributed by atoms with Crippen molar-refractivity contribution in [2.45, 2.75) is 18.9 Å². The molecule has 1 heterocycles. The lowest BCUT2D eigenvalue weighted by Crippen LogP contribution is -2.15. The SMILES string of the molecule is CNC(CCC#N)c1ccc2nc[nH]c2c1. The first kappa shape index (κ1) is 10.7. The van der Waals surface area contributed by atoms with E-state index >= 15 is 0 Å². The lowest BCUT2D eigenvalue weighted by Gasteiger charge is -2.14. The van der Waals surface area contributed by atoms with Crippen LogP contribution in [-0.4, -0.2) is 17.0 Å². The lowest BCUT2D eigenvalue weighted by molar-refractivity contribution is 0.557. The van der Waals surface area contributed by atoms with Gasteiger partial charge in [0, 0.05) is 12.5 Å². The largest absolute Gasteiger partial charge is 0.345 e. The Kier molecular flexibility index (Phi) is 3.18. The first-order valence-electron chi connectivity index (χ1n) is 5.32. The van der Waals surface area contributed by atoms with Gasteiger partial charge in [0.15, 0.2) is 0 Å². The molecule has 0 saturated heterocycles. The van der Waals surface area contributed by atoms with E-state index < -0.39 is 0 Å². The Morgan fingerprint density at radius 3 is 3.19 bits per heavy atom. The molecule has 0 bridgehead atoms. The summed E-state index contributed by atoms with van der Waals surface area (Å²) in [5.74, 6) is 0. The molecule has 1 aromatic heterocycles. The van der Waals surface area contributed by atoms with Crippen LogP contribution in [0.1, 0.15) is 24.4 Å². The number of hydrogen-bond donors (Lipinski definition) is 2. The van der Waals surface area contributed by atoms with Gasteiger partial charge in [-0.1, -0.05) is 6.07 Å². The molecule has 1 atom stereocenters. The van der Waals surface area contributed by atoms with Gasteiger partial charge in [-0.3, -0.25) is 0 Å². The smallest absolute Gasteiger partial charge is 0.0931 e. The van der Waals surface area contributed by atoms with Gasteiger partial charge in [-0.15, -0.1) is 0 Å². The van der Waals surface area contributed by atoms with Gasteiger partial charge in [-0.25, -0.2) is 4.98 Å². The molecular weight excluding hydrogens is 200 g/mol. The number of H-pyrrole nitrogens is 1. The minimum absolute atomic E-state index is 0.229. The van der Waals surface area contributed by atoms with Gasteiger partial charge in [-0.05, 0) is 31.2 Å². The van der Waals surface area contributed by atoms with E-state index in [9.17, 15) is 0 Å². The number of hydrogen-bond acceptors (Lipinski definition) is 3. The van der Waals surface area contributed by atoms with Crippen molar-refractivity contribution < 1.29 is 0 Å². The summed E-state index contributed by atoms with van der Waals surface area (Å²) in [6.45, 7) is 0. The standard InChI is InChI=1S/C12H14N4/c1-14-10(3-2-6-13)9-4-5-11-12(7-9)16-8-15-11/h4-5,7-8,10,14H,2-3H2,1H3,(H,15,16). The van der Waals surface area contributed by atoms with Crippen molar-refractivity contribution in [3.05, 3.63) is 30.1 Å². The van der Waals surface area contributed by atoms with Crippen molar-refractivity contribution in [2.75, 3.05) is 7.05 Å². The molecule has 82 valence electrons. The molecule has 0 saturated carbocycles. The number of benzene rings is 1. The summed E-state index contributed by atoms with van der Waals surface area (Å²) in [4.78, 5) is 7.27. The zero-order chi connectivity index (χ0) is 11.4. The van der Waals surface area contributed by atoms with Gasteiger partial charge >= 0.3 is 0 Å². The molecule has 0 aliphatic heterocycles. The quantitative estimate of drug-likeness (QED) is 0.819. The Hall–Kier alpha value is -1.86. The van der Waals surface area contributed by atoms with Crippen LogP contribution in [0.25, 0.3) is 11.0 Å². The van der Waals surface area contributed by atoms with Crippen LogP contribution >= 0.6 is 0 Å². The minimum Gasteiger partial charge on any atom is -0.345 e. The van der Waals surface area contributed by atoms with E-state index in [1.165, 1.54) is 5.56 Å². The van der Waals surface area contributed by atoms with Crippen molar-refractivity contribution >= 4 is 11.0 Å². The van der Waals surface area contributed by atoms with Crippen LogP contribution in [0.15, 0.2) is 24.5 Å². The van der Waals surface area contributed by atoms with E-state index in [2.05, 4.69) is 33.5 Å². The van der Waals surface area contributed by atoms with E-state index in [-0.39, 0.29) is 6.04 Å². The van der Waals surface area contributed by atoms with Gasteiger partial charge < -0.3 is 10.3 Å². The maximum absolute atomic E-state index is 8.60. The van der Waals surface area contributed by atoms with E-state index in [1.54, 1.807) is 6.33 Å². The van der Waals surface area contributed by atoms with Crippen molar-refractivity contribution in [1.29, 1.82) is 5.26 Å². The number of aromatic amines is 1. The molecule has 2 aromatic rings. The number of nitrogens with one attached hydrogen (secondary N) is 2. The van der Waals surface area contributed by atoms with Crippen LogP contribution < -0.4 is 5.32 Å². The summed E-state index contributed by atoms with van der Waals surface area (Å²) in [5.41, 5.74) is 3.20. The van der Waals surface area contributed by atoms with Gasteiger partial charge in [-0.2, -0.15) is 5.26 Å². The van der Waals surface area contributed by atoms with Crippen LogP contribution in [0.5, 0.6) is 0 Å². The third kappa shape index (κ3) is 2.05. The van der Waals surface area contributed by atoms with Crippen molar-refractivity contribution in [2.24, 2.45) is 0 Å². The van der Waals surface area contributed by atoms with Crippen LogP contribution in [-0.2, 0) is 0 Å². The summed E-state index contributed by atoms with van der Waals surface area (Å²) >= 11 is 0. The average Bonchev–Trinajstić information content (AvgIpc) is 2.77. The summed E-state index contributed by atoms with van der Waals surface area (Å²) in [6, 6.07) is 8.54. The molecule has 4 heteroatoms. The van der Waals surface area contributed by atoms with Crippen LogP contribution in [0.3, 0.4) is 0 Å².